The maximum atomic E-state index is 14.2. The molecule has 12 heteroatoms. The van der Waals surface area contributed by atoms with Crippen LogP contribution in [0.25, 0.3) is 0 Å². The van der Waals surface area contributed by atoms with Gasteiger partial charge >= 0.3 is 6.09 Å². The monoisotopic (exact) mass is 584 g/mol. The second-order valence-electron chi connectivity index (χ2n) is 11.2. The number of nitrogens with one attached hydrogen (secondary N) is 2. The number of likely N-dealkylation sites (tertiary alicyclic amines) is 1. The van der Waals surface area contributed by atoms with Gasteiger partial charge in [-0.3, -0.25) is 19.2 Å². The lowest BCUT2D eigenvalue weighted by atomic mass is 9.83. The molecule has 0 radical (unpaired) electrons. The first kappa shape index (κ1) is 31.6. The Kier molecular flexibility index (Phi) is 11.8. The molecule has 3 atom stereocenters. The summed E-state index contributed by atoms with van der Waals surface area (Å²) in [6.45, 7) is 6.35. The Morgan fingerprint density at radius 3 is 2.28 bits per heavy atom. The van der Waals surface area contributed by atoms with Gasteiger partial charge in [0.2, 0.25) is 17.6 Å². The largest absolute Gasteiger partial charge is 0.449 e. The van der Waals surface area contributed by atoms with Crippen LogP contribution in [0.5, 0.6) is 0 Å². The summed E-state index contributed by atoms with van der Waals surface area (Å²) in [7, 11) is 0. The number of carbonyl (C=O) groups excluding carboxylic acids is 5. The minimum absolute atomic E-state index is 0.0472. The zero-order valence-electron chi connectivity index (χ0n) is 23.4. The summed E-state index contributed by atoms with van der Waals surface area (Å²) in [5, 5.41) is 5.58. The molecular formula is C27H44N4O6S2. The molecule has 220 valence electrons. The molecule has 2 heterocycles. The van der Waals surface area contributed by atoms with E-state index in [1.807, 2.05) is 20.8 Å². The number of amides is 4. The van der Waals surface area contributed by atoms with Crippen LogP contribution in [0, 0.1) is 11.8 Å². The highest BCUT2D eigenvalue weighted by atomic mass is 32.2. The van der Waals surface area contributed by atoms with E-state index in [4.69, 9.17) is 10.5 Å². The fourth-order valence-electron chi connectivity index (χ4n) is 5.57. The predicted molar refractivity (Wildman–Crippen MR) is 153 cm³/mol. The van der Waals surface area contributed by atoms with E-state index in [-0.39, 0.29) is 34.8 Å². The van der Waals surface area contributed by atoms with Crippen LogP contribution in [0.2, 0.25) is 0 Å². The van der Waals surface area contributed by atoms with Gasteiger partial charge < -0.3 is 26.0 Å². The first-order valence-corrected chi connectivity index (χ1v) is 16.2. The van der Waals surface area contributed by atoms with Crippen LogP contribution < -0.4 is 16.4 Å². The van der Waals surface area contributed by atoms with E-state index < -0.39 is 41.8 Å². The Morgan fingerprint density at radius 1 is 1.03 bits per heavy atom. The van der Waals surface area contributed by atoms with E-state index in [1.54, 1.807) is 28.4 Å². The maximum absolute atomic E-state index is 14.2. The summed E-state index contributed by atoms with van der Waals surface area (Å²) in [6, 6.07) is -2.65. The highest BCUT2D eigenvalue weighted by molar-refractivity contribution is 8.18. The Morgan fingerprint density at radius 2 is 1.69 bits per heavy atom. The van der Waals surface area contributed by atoms with Crippen LogP contribution >= 0.6 is 23.5 Å². The molecule has 3 aliphatic rings. The van der Waals surface area contributed by atoms with Gasteiger partial charge in [-0.1, -0.05) is 46.5 Å². The standard InChI is InChI=1S/C27H44N4O6S2/c1-4-9-19(22(32)23(28)33)29-24(34)20-14-27(38-12-8-13-39-27)16-31(20)25(35)21(18-10-6-5-7-11-18)30-26(36)37-15-17(2)3/h17-21H,4-16H2,1-3H3,(H2,28,33)(H,29,34)(H,30,36)/t19?,20-,21-/m0/s1. The van der Waals surface area contributed by atoms with E-state index >= 15 is 0 Å². The molecule has 0 bridgehead atoms. The van der Waals surface area contributed by atoms with Crippen molar-refractivity contribution in [2.75, 3.05) is 24.7 Å². The number of alkyl carbamates (subject to hydrolysis) is 1. The molecule has 0 aromatic carbocycles. The molecule has 4 N–H and O–H groups in total. The van der Waals surface area contributed by atoms with Crippen molar-refractivity contribution in [1.82, 2.24) is 15.5 Å². The molecular weight excluding hydrogens is 540 g/mol. The number of hydrogen-bond donors (Lipinski definition) is 3. The fourth-order valence-corrected chi connectivity index (χ4v) is 8.92. The molecule has 1 aliphatic carbocycles. The smallest absolute Gasteiger partial charge is 0.407 e. The Hall–Kier alpha value is -1.95. The summed E-state index contributed by atoms with van der Waals surface area (Å²) in [6.07, 6.45) is 6.37. The van der Waals surface area contributed by atoms with Crippen LogP contribution in [0.1, 0.15) is 78.6 Å². The molecule has 1 unspecified atom stereocenters. The molecule has 0 aromatic heterocycles. The second-order valence-corrected chi connectivity index (χ2v) is 14.5. The number of carbonyl (C=O) groups is 5. The Bertz CT molecular complexity index is 905. The van der Waals surface area contributed by atoms with Crippen LogP contribution in [0.15, 0.2) is 0 Å². The van der Waals surface area contributed by atoms with Gasteiger partial charge in [-0.15, -0.1) is 23.5 Å². The van der Waals surface area contributed by atoms with Gasteiger partial charge in [-0.05, 0) is 49.0 Å². The van der Waals surface area contributed by atoms with Crippen molar-refractivity contribution in [3.63, 3.8) is 0 Å². The van der Waals surface area contributed by atoms with Gasteiger partial charge in [0.15, 0.2) is 0 Å². The van der Waals surface area contributed by atoms with Crippen LogP contribution in [0.4, 0.5) is 4.79 Å². The summed E-state index contributed by atoms with van der Waals surface area (Å²) in [5.41, 5.74) is 5.23. The van der Waals surface area contributed by atoms with Crippen LogP contribution in [0.3, 0.4) is 0 Å². The Balaban J connectivity index is 1.87. The van der Waals surface area contributed by atoms with Crippen molar-refractivity contribution in [2.45, 2.75) is 101 Å². The Labute approximate surface area is 240 Å². The number of ether oxygens (including phenoxy) is 1. The average Bonchev–Trinajstić information content (AvgIpc) is 3.29. The topological polar surface area (TPSA) is 148 Å². The van der Waals surface area contributed by atoms with Crippen molar-refractivity contribution >= 4 is 53.1 Å². The first-order valence-electron chi connectivity index (χ1n) is 14.2. The van der Waals surface area contributed by atoms with Gasteiger partial charge in [0.25, 0.3) is 5.91 Å². The molecule has 0 aromatic rings. The summed E-state index contributed by atoms with van der Waals surface area (Å²) in [5.74, 6) is -0.706. The van der Waals surface area contributed by atoms with Crippen LogP contribution in [-0.4, -0.2) is 81.4 Å². The highest BCUT2D eigenvalue weighted by Crippen LogP contribution is 2.50. The third-order valence-corrected chi connectivity index (χ3v) is 10.9. The molecule has 3 fully saturated rings. The summed E-state index contributed by atoms with van der Waals surface area (Å²) < 4.78 is 5.03. The normalized spacial score (nSPS) is 22.8. The molecule has 1 spiro atoms. The average molecular weight is 585 g/mol. The van der Waals surface area contributed by atoms with Crippen molar-refractivity contribution < 1.29 is 28.7 Å². The van der Waals surface area contributed by atoms with Gasteiger partial charge in [-0.25, -0.2) is 4.79 Å². The third kappa shape index (κ3) is 8.52. The van der Waals surface area contributed by atoms with Crippen molar-refractivity contribution in [2.24, 2.45) is 17.6 Å². The SMILES string of the molecule is CCCC(NC(=O)[C@@H]1CC2(CN1C(=O)[C@@H](NC(=O)OCC(C)C)C1CCCCC1)SCCCS2)C(=O)C(N)=O. The van der Waals surface area contributed by atoms with E-state index in [9.17, 15) is 24.0 Å². The number of rotatable bonds is 11. The van der Waals surface area contributed by atoms with Gasteiger partial charge in [0, 0.05) is 13.0 Å². The number of nitrogens with two attached hydrogens (primary N) is 1. The quantitative estimate of drug-likeness (QED) is 0.314. The van der Waals surface area contributed by atoms with Crippen molar-refractivity contribution in [3.8, 4) is 0 Å². The minimum Gasteiger partial charge on any atom is -0.449 e. The number of nitrogens with zero attached hydrogens (tertiary/aromatic N) is 1. The first-order chi connectivity index (χ1) is 18.6. The van der Waals surface area contributed by atoms with Crippen molar-refractivity contribution in [1.29, 1.82) is 0 Å². The van der Waals surface area contributed by atoms with Gasteiger partial charge in [-0.2, -0.15) is 0 Å². The fraction of sp³-hybridized carbons (Fsp3) is 0.815. The number of primary amides is 1. The molecule has 3 rings (SSSR count). The van der Waals surface area contributed by atoms with Crippen molar-refractivity contribution in [3.05, 3.63) is 0 Å². The zero-order valence-corrected chi connectivity index (χ0v) is 25.0. The minimum atomic E-state index is -1.09. The van der Waals surface area contributed by atoms with E-state index in [1.165, 1.54) is 0 Å². The number of Topliss-reactive ketones (excluding diaryl/α,β-unsaturated/α-hetero) is 1. The lowest BCUT2D eigenvalue weighted by Crippen LogP contribution is -2.58. The molecule has 2 aliphatic heterocycles. The van der Waals surface area contributed by atoms with Gasteiger partial charge in [0.1, 0.15) is 12.1 Å². The van der Waals surface area contributed by atoms with E-state index in [2.05, 4.69) is 10.6 Å². The predicted octanol–water partition coefficient (Wildman–Crippen LogP) is 2.82. The summed E-state index contributed by atoms with van der Waals surface area (Å²) in [4.78, 5) is 66.2. The molecule has 2 saturated heterocycles. The lowest BCUT2D eigenvalue weighted by Gasteiger charge is -2.35. The third-order valence-electron chi connectivity index (χ3n) is 7.56. The molecule has 4 amide bonds. The highest BCUT2D eigenvalue weighted by Gasteiger charge is 2.52. The summed E-state index contributed by atoms with van der Waals surface area (Å²) >= 11 is 3.53. The lowest BCUT2D eigenvalue weighted by molar-refractivity contribution is -0.143. The molecule has 1 saturated carbocycles. The number of ketones is 1. The van der Waals surface area contributed by atoms with Gasteiger partial charge in [0.05, 0.1) is 16.7 Å². The maximum Gasteiger partial charge on any atom is 0.407 e. The molecule has 10 nitrogen and oxygen atoms in total. The van der Waals surface area contributed by atoms with E-state index in [0.29, 0.717) is 19.4 Å². The van der Waals surface area contributed by atoms with Crippen LogP contribution in [-0.2, 0) is 23.9 Å². The molecule has 39 heavy (non-hydrogen) atoms. The van der Waals surface area contributed by atoms with E-state index in [0.717, 1.165) is 50.0 Å². The zero-order chi connectivity index (χ0) is 28.6. The second kappa shape index (κ2) is 14.6. The number of hydrogen-bond acceptors (Lipinski definition) is 8. The number of thioether (sulfide) groups is 2.